The summed E-state index contributed by atoms with van der Waals surface area (Å²) in [6, 6.07) is 11.0. The van der Waals surface area contributed by atoms with Gasteiger partial charge in [0, 0.05) is 28.9 Å². The average molecular weight is 417 g/mol. The standard InChI is InChI=1S/C20H17ClN2O4S/c21-15-5-3-13(4-6-15)19-22-16(12-28-19)11-27-20(25)14-8-18(24)23(9-14)10-17-2-1-7-26-17/h1-7,12,14H,8-11H2/t14-/m1/s1. The predicted molar refractivity (Wildman–Crippen MR) is 105 cm³/mol. The van der Waals surface area contributed by atoms with E-state index in [0.717, 1.165) is 10.6 Å². The highest BCUT2D eigenvalue weighted by Crippen LogP contribution is 2.26. The molecule has 0 radical (unpaired) electrons. The zero-order valence-electron chi connectivity index (χ0n) is 14.8. The average Bonchev–Trinajstić information content (AvgIpc) is 3.43. The van der Waals surface area contributed by atoms with Gasteiger partial charge in [0.25, 0.3) is 0 Å². The molecule has 0 N–H and O–H groups in total. The minimum Gasteiger partial charge on any atom is -0.467 e. The number of hydrogen-bond acceptors (Lipinski definition) is 6. The normalized spacial score (nSPS) is 16.5. The van der Waals surface area contributed by atoms with Crippen LogP contribution in [-0.4, -0.2) is 28.3 Å². The molecule has 1 fully saturated rings. The third kappa shape index (κ3) is 4.26. The van der Waals surface area contributed by atoms with Crippen molar-refractivity contribution in [3.8, 4) is 10.6 Å². The van der Waals surface area contributed by atoms with Crippen LogP contribution in [0.25, 0.3) is 10.6 Å². The summed E-state index contributed by atoms with van der Waals surface area (Å²) < 4.78 is 10.7. The largest absolute Gasteiger partial charge is 0.467 e. The Hall–Kier alpha value is -2.64. The second kappa shape index (κ2) is 8.16. The summed E-state index contributed by atoms with van der Waals surface area (Å²) in [6.07, 6.45) is 1.72. The van der Waals surface area contributed by atoms with Crippen LogP contribution in [0, 0.1) is 5.92 Å². The first-order valence-corrected chi connectivity index (χ1v) is 10.0. The maximum absolute atomic E-state index is 12.4. The van der Waals surface area contributed by atoms with Gasteiger partial charge in [-0.2, -0.15) is 0 Å². The number of hydrogen-bond donors (Lipinski definition) is 0. The topological polar surface area (TPSA) is 72.6 Å². The first-order valence-electron chi connectivity index (χ1n) is 8.75. The van der Waals surface area contributed by atoms with Gasteiger partial charge in [0.05, 0.1) is 24.4 Å². The first-order chi connectivity index (χ1) is 13.6. The van der Waals surface area contributed by atoms with E-state index in [1.165, 1.54) is 11.3 Å². The number of thiazole rings is 1. The third-order valence-corrected chi connectivity index (χ3v) is 5.67. The zero-order valence-corrected chi connectivity index (χ0v) is 16.4. The quantitative estimate of drug-likeness (QED) is 0.564. The summed E-state index contributed by atoms with van der Waals surface area (Å²) in [7, 11) is 0. The van der Waals surface area contributed by atoms with Gasteiger partial charge in [-0.05, 0) is 24.3 Å². The molecular weight excluding hydrogens is 400 g/mol. The Morgan fingerprint density at radius 1 is 1.32 bits per heavy atom. The van der Waals surface area contributed by atoms with Crippen molar-refractivity contribution in [2.45, 2.75) is 19.6 Å². The molecule has 8 heteroatoms. The van der Waals surface area contributed by atoms with Gasteiger partial charge in [0.15, 0.2) is 0 Å². The van der Waals surface area contributed by atoms with E-state index in [-0.39, 0.29) is 24.9 Å². The number of furan rings is 1. The number of carbonyl (C=O) groups is 2. The van der Waals surface area contributed by atoms with E-state index < -0.39 is 5.92 Å². The molecular formula is C20H17ClN2O4S. The summed E-state index contributed by atoms with van der Waals surface area (Å²) >= 11 is 7.38. The molecule has 1 amide bonds. The number of likely N-dealkylation sites (tertiary alicyclic amines) is 1. The van der Waals surface area contributed by atoms with Crippen LogP contribution in [0.3, 0.4) is 0 Å². The van der Waals surface area contributed by atoms with Crippen molar-refractivity contribution in [2.24, 2.45) is 5.92 Å². The maximum atomic E-state index is 12.4. The molecule has 3 aromatic rings. The van der Waals surface area contributed by atoms with E-state index in [9.17, 15) is 9.59 Å². The Labute approximate surface area is 170 Å². The second-order valence-corrected chi connectivity index (χ2v) is 7.81. The number of ether oxygens (including phenoxy) is 1. The van der Waals surface area contributed by atoms with Crippen LogP contribution in [0.4, 0.5) is 0 Å². The number of nitrogens with zero attached hydrogens (tertiary/aromatic N) is 2. The van der Waals surface area contributed by atoms with Gasteiger partial charge in [0.1, 0.15) is 17.4 Å². The fourth-order valence-electron chi connectivity index (χ4n) is 3.03. The van der Waals surface area contributed by atoms with E-state index in [1.54, 1.807) is 23.3 Å². The molecule has 1 aromatic carbocycles. The van der Waals surface area contributed by atoms with E-state index >= 15 is 0 Å². The van der Waals surface area contributed by atoms with Crippen molar-refractivity contribution in [2.75, 3.05) is 6.54 Å². The van der Waals surface area contributed by atoms with Gasteiger partial charge in [-0.3, -0.25) is 9.59 Å². The number of carbonyl (C=O) groups excluding carboxylic acids is 2. The van der Waals surface area contributed by atoms with Gasteiger partial charge >= 0.3 is 5.97 Å². The minimum atomic E-state index is -0.461. The predicted octanol–water partition coefficient (Wildman–Crippen LogP) is 4.15. The number of aromatic nitrogens is 1. The van der Waals surface area contributed by atoms with E-state index in [2.05, 4.69) is 4.98 Å². The first kappa shape index (κ1) is 18.7. The Morgan fingerprint density at radius 2 is 2.14 bits per heavy atom. The van der Waals surface area contributed by atoms with Gasteiger partial charge in [-0.15, -0.1) is 11.3 Å². The number of esters is 1. The number of rotatable bonds is 6. The lowest BCUT2D eigenvalue weighted by Gasteiger charge is -2.14. The fourth-order valence-corrected chi connectivity index (χ4v) is 3.97. The smallest absolute Gasteiger partial charge is 0.311 e. The van der Waals surface area contributed by atoms with Gasteiger partial charge in [-0.25, -0.2) is 4.98 Å². The van der Waals surface area contributed by atoms with Gasteiger partial charge in [-0.1, -0.05) is 23.7 Å². The van der Waals surface area contributed by atoms with E-state index in [0.29, 0.717) is 29.6 Å². The lowest BCUT2D eigenvalue weighted by atomic mass is 10.1. The molecule has 2 aromatic heterocycles. The minimum absolute atomic E-state index is 0.0722. The van der Waals surface area contributed by atoms with Crippen LogP contribution < -0.4 is 0 Å². The highest BCUT2D eigenvalue weighted by molar-refractivity contribution is 7.13. The molecule has 1 atom stereocenters. The summed E-state index contributed by atoms with van der Waals surface area (Å²) in [5, 5.41) is 3.37. The van der Waals surface area contributed by atoms with Crippen molar-refractivity contribution in [3.05, 3.63) is 64.5 Å². The van der Waals surface area contributed by atoms with Crippen molar-refractivity contribution in [1.29, 1.82) is 0 Å². The van der Waals surface area contributed by atoms with Crippen LogP contribution in [0.2, 0.25) is 5.02 Å². The third-order valence-electron chi connectivity index (χ3n) is 4.48. The monoisotopic (exact) mass is 416 g/mol. The molecule has 144 valence electrons. The summed E-state index contributed by atoms with van der Waals surface area (Å²) in [5.74, 6) is -0.218. The molecule has 3 heterocycles. The molecule has 4 rings (SSSR count). The SMILES string of the molecule is O=C(OCc1csc(-c2ccc(Cl)cc2)n1)[C@@H]1CC(=O)N(Cc2ccco2)C1. The Bertz CT molecular complexity index is 969. The molecule has 0 spiro atoms. The van der Waals surface area contributed by atoms with Crippen molar-refractivity contribution < 1.29 is 18.7 Å². The van der Waals surface area contributed by atoms with Crippen LogP contribution in [0.5, 0.6) is 0 Å². The van der Waals surface area contributed by atoms with Crippen molar-refractivity contribution >= 4 is 34.8 Å². The molecule has 6 nitrogen and oxygen atoms in total. The van der Waals surface area contributed by atoms with Gasteiger partial charge < -0.3 is 14.1 Å². The van der Waals surface area contributed by atoms with Gasteiger partial charge in [0.2, 0.25) is 5.91 Å². The molecule has 28 heavy (non-hydrogen) atoms. The zero-order chi connectivity index (χ0) is 19.5. The van der Waals surface area contributed by atoms with Crippen molar-refractivity contribution in [1.82, 2.24) is 9.88 Å². The molecule has 1 saturated heterocycles. The highest BCUT2D eigenvalue weighted by atomic mass is 35.5. The Balaban J connectivity index is 1.31. The second-order valence-electron chi connectivity index (χ2n) is 6.51. The van der Waals surface area contributed by atoms with Crippen molar-refractivity contribution in [3.63, 3.8) is 0 Å². The molecule has 1 aliphatic rings. The number of amides is 1. The summed E-state index contributed by atoms with van der Waals surface area (Å²) in [4.78, 5) is 30.6. The molecule has 0 aliphatic carbocycles. The number of benzene rings is 1. The fraction of sp³-hybridized carbons (Fsp3) is 0.250. The Kier molecular flexibility index (Phi) is 5.45. The summed E-state index contributed by atoms with van der Waals surface area (Å²) in [6.45, 7) is 0.795. The molecule has 0 unspecified atom stereocenters. The van der Waals surface area contributed by atoms with E-state index in [4.69, 9.17) is 20.8 Å². The van der Waals surface area contributed by atoms with Crippen LogP contribution in [-0.2, 0) is 27.5 Å². The van der Waals surface area contributed by atoms with Crippen LogP contribution in [0.1, 0.15) is 17.9 Å². The number of halogens is 1. The van der Waals surface area contributed by atoms with Crippen LogP contribution >= 0.6 is 22.9 Å². The van der Waals surface area contributed by atoms with Crippen LogP contribution in [0.15, 0.2) is 52.5 Å². The van der Waals surface area contributed by atoms with E-state index in [1.807, 2.05) is 29.6 Å². The summed E-state index contributed by atoms with van der Waals surface area (Å²) in [5.41, 5.74) is 1.64. The molecule has 1 aliphatic heterocycles. The maximum Gasteiger partial charge on any atom is 0.311 e. The lowest BCUT2D eigenvalue weighted by molar-refractivity contribution is -0.149. The lowest BCUT2D eigenvalue weighted by Crippen LogP contribution is -2.26. The Morgan fingerprint density at radius 3 is 2.89 bits per heavy atom. The molecule has 0 saturated carbocycles. The highest BCUT2D eigenvalue weighted by Gasteiger charge is 2.35. The molecule has 0 bridgehead atoms.